The summed E-state index contributed by atoms with van der Waals surface area (Å²) in [6, 6.07) is 14.1. The van der Waals surface area contributed by atoms with Gasteiger partial charge in [-0.15, -0.1) is 0 Å². The second-order valence-electron chi connectivity index (χ2n) is 7.55. The van der Waals surface area contributed by atoms with Gasteiger partial charge in [0, 0.05) is 30.4 Å². The van der Waals surface area contributed by atoms with Crippen molar-refractivity contribution in [2.45, 2.75) is 57.7 Å². The van der Waals surface area contributed by atoms with Crippen molar-refractivity contribution in [2.75, 3.05) is 0 Å². The molecule has 4 heteroatoms. The first-order valence-corrected chi connectivity index (χ1v) is 9.89. The molecule has 0 bridgehead atoms. The van der Waals surface area contributed by atoms with E-state index in [1.54, 1.807) is 12.1 Å². The molecule has 0 radical (unpaired) electrons. The van der Waals surface area contributed by atoms with Crippen molar-refractivity contribution in [3.63, 3.8) is 0 Å². The van der Waals surface area contributed by atoms with Gasteiger partial charge in [-0.2, -0.15) is 0 Å². The van der Waals surface area contributed by atoms with Crippen molar-refractivity contribution >= 4 is 0 Å². The number of aryl methyl sites for hydroxylation is 1. The standard InChI is InChI=1S/C23H27FN2O/c1-3-18-13-19(14-25-18)26-15(2)17-9-11-23(21(24)12-17)27-22-10-8-16-6-4-5-7-20(16)22/h4-7,9,11-12,14-15,18,22,25-26H,3,8,10,13H2,1-2H3. The molecular weight excluding hydrogens is 339 g/mol. The largest absolute Gasteiger partial charge is 0.483 e. The highest BCUT2D eigenvalue weighted by Crippen LogP contribution is 2.36. The van der Waals surface area contributed by atoms with E-state index in [1.165, 1.54) is 16.8 Å². The van der Waals surface area contributed by atoms with Crippen LogP contribution < -0.4 is 15.4 Å². The predicted octanol–water partition coefficient (Wildman–Crippen LogP) is 5.16. The minimum absolute atomic E-state index is 0.0458. The van der Waals surface area contributed by atoms with Gasteiger partial charge in [0.2, 0.25) is 0 Å². The quantitative estimate of drug-likeness (QED) is 0.741. The third-order valence-electron chi connectivity index (χ3n) is 5.66. The topological polar surface area (TPSA) is 33.3 Å². The number of halogens is 1. The minimum atomic E-state index is -0.296. The lowest BCUT2D eigenvalue weighted by Crippen LogP contribution is -2.20. The summed E-state index contributed by atoms with van der Waals surface area (Å²) < 4.78 is 20.7. The first-order chi connectivity index (χ1) is 13.1. The molecule has 2 aromatic rings. The molecule has 2 N–H and O–H groups in total. The van der Waals surface area contributed by atoms with Crippen LogP contribution in [0.4, 0.5) is 4.39 Å². The van der Waals surface area contributed by atoms with Gasteiger partial charge in [-0.1, -0.05) is 37.3 Å². The van der Waals surface area contributed by atoms with E-state index in [2.05, 4.69) is 36.6 Å². The summed E-state index contributed by atoms with van der Waals surface area (Å²) in [6.07, 6.45) is 5.96. The Balaban J connectivity index is 1.42. The summed E-state index contributed by atoms with van der Waals surface area (Å²) in [7, 11) is 0. The summed E-state index contributed by atoms with van der Waals surface area (Å²) in [5, 5.41) is 6.85. The van der Waals surface area contributed by atoms with E-state index in [0.29, 0.717) is 11.8 Å². The zero-order chi connectivity index (χ0) is 18.8. The molecule has 27 heavy (non-hydrogen) atoms. The Morgan fingerprint density at radius 3 is 2.89 bits per heavy atom. The number of ether oxygens (including phenoxy) is 1. The van der Waals surface area contributed by atoms with Crippen LogP contribution in [0, 0.1) is 5.82 Å². The molecule has 4 rings (SSSR count). The van der Waals surface area contributed by atoms with E-state index < -0.39 is 0 Å². The molecule has 0 fully saturated rings. The first-order valence-electron chi connectivity index (χ1n) is 9.89. The highest BCUT2D eigenvalue weighted by Gasteiger charge is 2.25. The van der Waals surface area contributed by atoms with Crippen LogP contribution in [-0.2, 0) is 6.42 Å². The Labute approximate surface area is 160 Å². The summed E-state index contributed by atoms with van der Waals surface area (Å²) in [4.78, 5) is 0. The normalized spacial score (nSPS) is 22.0. The Bertz CT molecular complexity index is 848. The lowest BCUT2D eigenvalue weighted by molar-refractivity contribution is 0.198. The van der Waals surface area contributed by atoms with Gasteiger partial charge >= 0.3 is 0 Å². The molecule has 1 aliphatic carbocycles. The number of nitrogens with one attached hydrogen (secondary N) is 2. The zero-order valence-electron chi connectivity index (χ0n) is 16.0. The maximum absolute atomic E-state index is 14.7. The molecule has 0 amide bonds. The highest BCUT2D eigenvalue weighted by atomic mass is 19.1. The SMILES string of the molecule is CCC1CC(NC(C)c2ccc(OC3CCc4ccccc43)c(F)c2)=CN1. The molecule has 2 aliphatic rings. The van der Waals surface area contributed by atoms with E-state index in [0.717, 1.165) is 31.2 Å². The molecule has 0 spiro atoms. The van der Waals surface area contributed by atoms with Crippen LogP contribution in [0.3, 0.4) is 0 Å². The second kappa shape index (κ2) is 7.63. The third kappa shape index (κ3) is 3.80. The predicted molar refractivity (Wildman–Crippen MR) is 106 cm³/mol. The summed E-state index contributed by atoms with van der Waals surface area (Å²) in [5.74, 6) is 0.0379. The van der Waals surface area contributed by atoms with Crippen LogP contribution in [-0.4, -0.2) is 6.04 Å². The average molecular weight is 366 g/mol. The maximum Gasteiger partial charge on any atom is 0.165 e. The van der Waals surface area contributed by atoms with Crippen LogP contribution >= 0.6 is 0 Å². The van der Waals surface area contributed by atoms with Crippen LogP contribution in [0.25, 0.3) is 0 Å². The number of fused-ring (bicyclic) bond motifs is 1. The molecule has 1 heterocycles. The number of hydrogen-bond donors (Lipinski definition) is 2. The fourth-order valence-electron chi connectivity index (χ4n) is 4.00. The van der Waals surface area contributed by atoms with E-state index in [9.17, 15) is 4.39 Å². The van der Waals surface area contributed by atoms with Crippen molar-refractivity contribution in [1.82, 2.24) is 10.6 Å². The Kier molecular flexibility index (Phi) is 5.06. The fourth-order valence-corrected chi connectivity index (χ4v) is 4.00. The first kappa shape index (κ1) is 17.9. The van der Waals surface area contributed by atoms with Gasteiger partial charge in [-0.25, -0.2) is 4.39 Å². The average Bonchev–Trinajstić information content (AvgIpc) is 3.30. The maximum atomic E-state index is 14.7. The van der Waals surface area contributed by atoms with Crippen molar-refractivity contribution in [2.24, 2.45) is 0 Å². The van der Waals surface area contributed by atoms with E-state index in [4.69, 9.17) is 4.74 Å². The lowest BCUT2D eigenvalue weighted by atomic mass is 10.1. The van der Waals surface area contributed by atoms with Gasteiger partial charge in [-0.3, -0.25) is 0 Å². The smallest absolute Gasteiger partial charge is 0.165 e. The van der Waals surface area contributed by atoms with E-state index in [1.807, 2.05) is 24.4 Å². The number of hydrogen-bond acceptors (Lipinski definition) is 3. The summed E-state index contributed by atoms with van der Waals surface area (Å²) >= 11 is 0. The lowest BCUT2D eigenvalue weighted by Gasteiger charge is -2.19. The number of rotatable bonds is 6. The van der Waals surface area contributed by atoms with Gasteiger partial charge in [0.15, 0.2) is 11.6 Å². The Morgan fingerprint density at radius 1 is 1.26 bits per heavy atom. The van der Waals surface area contributed by atoms with Crippen LogP contribution in [0.2, 0.25) is 0 Å². The molecule has 142 valence electrons. The van der Waals surface area contributed by atoms with Crippen molar-refractivity contribution in [3.8, 4) is 5.75 Å². The van der Waals surface area contributed by atoms with Gasteiger partial charge < -0.3 is 15.4 Å². The van der Waals surface area contributed by atoms with Gasteiger partial charge in [0.05, 0.1) is 0 Å². The molecule has 3 nitrogen and oxygen atoms in total. The molecule has 2 aromatic carbocycles. The Hall–Kier alpha value is -2.49. The molecule has 0 saturated carbocycles. The molecule has 1 aliphatic heterocycles. The van der Waals surface area contributed by atoms with Gasteiger partial charge in [0.1, 0.15) is 6.10 Å². The molecule has 0 saturated heterocycles. The van der Waals surface area contributed by atoms with Crippen molar-refractivity contribution < 1.29 is 9.13 Å². The zero-order valence-corrected chi connectivity index (χ0v) is 16.0. The molecule has 3 unspecified atom stereocenters. The third-order valence-corrected chi connectivity index (χ3v) is 5.66. The molecule has 3 atom stereocenters. The van der Waals surface area contributed by atoms with Crippen LogP contribution in [0.15, 0.2) is 54.4 Å². The molecule has 0 aromatic heterocycles. The monoisotopic (exact) mass is 366 g/mol. The van der Waals surface area contributed by atoms with E-state index >= 15 is 0 Å². The highest BCUT2D eigenvalue weighted by molar-refractivity contribution is 5.36. The van der Waals surface area contributed by atoms with Crippen LogP contribution in [0.1, 0.15) is 61.9 Å². The summed E-state index contributed by atoms with van der Waals surface area (Å²) in [5.41, 5.74) is 4.59. The molecular formula is C23H27FN2O. The Morgan fingerprint density at radius 2 is 2.11 bits per heavy atom. The number of benzene rings is 2. The fraction of sp³-hybridized carbons (Fsp3) is 0.391. The summed E-state index contributed by atoms with van der Waals surface area (Å²) in [6.45, 7) is 4.23. The van der Waals surface area contributed by atoms with Crippen molar-refractivity contribution in [1.29, 1.82) is 0 Å². The minimum Gasteiger partial charge on any atom is -0.483 e. The van der Waals surface area contributed by atoms with Crippen LogP contribution in [0.5, 0.6) is 5.75 Å². The van der Waals surface area contributed by atoms with Gasteiger partial charge in [0.25, 0.3) is 0 Å². The van der Waals surface area contributed by atoms with E-state index in [-0.39, 0.29) is 18.0 Å². The van der Waals surface area contributed by atoms with Gasteiger partial charge in [-0.05, 0) is 55.0 Å². The second-order valence-corrected chi connectivity index (χ2v) is 7.55. The van der Waals surface area contributed by atoms with Crippen molar-refractivity contribution in [3.05, 3.63) is 76.9 Å².